The van der Waals surface area contributed by atoms with Gasteiger partial charge in [-0.05, 0) is 25.2 Å². The number of hydrogen-bond acceptors (Lipinski definition) is 6. The summed E-state index contributed by atoms with van der Waals surface area (Å²) in [5.41, 5.74) is 0. The fourth-order valence-corrected chi connectivity index (χ4v) is 9.07. The van der Waals surface area contributed by atoms with E-state index in [9.17, 15) is 14.4 Å². The largest absolute Gasteiger partial charge is 0.462 e. The molecule has 6 nitrogen and oxygen atoms in total. The summed E-state index contributed by atoms with van der Waals surface area (Å²) < 4.78 is 16.9. The highest BCUT2D eigenvalue weighted by molar-refractivity contribution is 5.71. The topological polar surface area (TPSA) is 78.9 Å². The van der Waals surface area contributed by atoms with Crippen molar-refractivity contribution in [3.05, 3.63) is 0 Å². The maximum Gasteiger partial charge on any atom is 0.306 e. The molecular weight excluding hydrogens is 805 g/mol. The summed E-state index contributed by atoms with van der Waals surface area (Å²) >= 11 is 0. The third-order valence-corrected chi connectivity index (χ3v) is 13.9. The lowest BCUT2D eigenvalue weighted by atomic mass is 10.00. The van der Waals surface area contributed by atoms with Crippen LogP contribution in [0.15, 0.2) is 0 Å². The highest BCUT2D eigenvalue weighted by Crippen LogP contribution is 2.18. The Morgan fingerprint density at radius 1 is 0.308 bits per heavy atom. The standard InChI is InChI=1S/C59H114O6/c1-5-8-10-12-14-16-18-20-22-24-26-28-29-31-33-35-37-42-46-50-57(60)63-53-56(54-64-58(61)51-47-43-40-39-41-45-49-55(4)7-3)65-59(62)52-48-44-38-36-34-32-30-27-25-23-21-19-17-15-13-11-9-6-2/h55-56H,5-54H2,1-4H3/t55?,56-/m0/s1. The molecule has 0 saturated carbocycles. The predicted molar refractivity (Wildman–Crippen MR) is 280 cm³/mol. The van der Waals surface area contributed by atoms with E-state index >= 15 is 0 Å². The SMILES string of the molecule is CCCCCCCCCCCCCCCCCCCCCC(=O)OC[C@@H](COC(=O)CCCCCCCCC(C)CC)OC(=O)CCCCCCCCCCCCCCCCCCCC. The van der Waals surface area contributed by atoms with Crippen molar-refractivity contribution < 1.29 is 28.6 Å². The summed E-state index contributed by atoms with van der Waals surface area (Å²) in [6.45, 7) is 9.03. The molecule has 0 aromatic carbocycles. The molecule has 6 heteroatoms. The van der Waals surface area contributed by atoms with Gasteiger partial charge in [0.2, 0.25) is 0 Å². The second-order valence-corrected chi connectivity index (χ2v) is 20.5. The van der Waals surface area contributed by atoms with E-state index in [-0.39, 0.29) is 31.1 Å². The van der Waals surface area contributed by atoms with E-state index in [1.54, 1.807) is 0 Å². The summed E-state index contributed by atoms with van der Waals surface area (Å²) in [6, 6.07) is 0. The smallest absolute Gasteiger partial charge is 0.306 e. The first-order chi connectivity index (χ1) is 31.9. The molecule has 0 heterocycles. The molecule has 0 aliphatic heterocycles. The highest BCUT2D eigenvalue weighted by Gasteiger charge is 2.19. The summed E-state index contributed by atoms with van der Waals surface area (Å²) in [5.74, 6) is -0.0253. The Bertz CT molecular complexity index is 982. The van der Waals surface area contributed by atoms with Gasteiger partial charge in [0.05, 0.1) is 0 Å². The minimum atomic E-state index is -0.762. The molecule has 0 radical (unpaired) electrons. The number of carbonyl (C=O) groups excluding carboxylic acids is 3. The van der Waals surface area contributed by atoms with Crippen LogP contribution < -0.4 is 0 Å². The van der Waals surface area contributed by atoms with Gasteiger partial charge in [0.25, 0.3) is 0 Å². The maximum atomic E-state index is 12.8. The van der Waals surface area contributed by atoms with Crippen molar-refractivity contribution in [1.29, 1.82) is 0 Å². The van der Waals surface area contributed by atoms with Gasteiger partial charge in [0.15, 0.2) is 6.10 Å². The lowest BCUT2D eigenvalue weighted by Crippen LogP contribution is -2.30. The number of ether oxygens (including phenoxy) is 3. The Hall–Kier alpha value is -1.59. The zero-order chi connectivity index (χ0) is 47.4. The number of hydrogen-bond donors (Lipinski definition) is 0. The average molecular weight is 920 g/mol. The van der Waals surface area contributed by atoms with Gasteiger partial charge in [0.1, 0.15) is 13.2 Å². The van der Waals surface area contributed by atoms with Crippen molar-refractivity contribution in [2.75, 3.05) is 13.2 Å². The summed E-state index contributed by atoms with van der Waals surface area (Å²) in [7, 11) is 0. The Labute approximate surface area is 406 Å². The third-order valence-electron chi connectivity index (χ3n) is 13.9. The second kappa shape index (κ2) is 53.4. The van der Waals surface area contributed by atoms with Gasteiger partial charge in [0, 0.05) is 19.3 Å². The van der Waals surface area contributed by atoms with E-state index in [0.29, 0.717) is 19.3 Å². The number of carbonyl (C=O) groups is 3. The third kappa shape index (κ3) is 51.6. The van der Waals surface area contributed by atoms with Gasteiger partial charge in [-0.1, -0.05) is 297 Å². The minimum Gasteiger partial charge on any atom is -0.462 e. The molecule has 0 N–H and O–H groups in total. The number of unbranched alkanes of at least 4 members (excludes halogenated alkanes) is 40. The molecule has 0 aliphatic rings. The van der Waals surface area contributed by atoms with Crippen LogP contribution in [-0.2, 0) is 28.6 Å². The molecule has 2 atom stereocenters. The molecule has 386 valence electrons. The highest BCUT2D eigenvalue weighted by atomic mass is 16.6. The Morgan fingerprint density at radius 2 is 0.538 bits per heavy atom. The average Bonchev–Trinajstić information content (AvgIpc) is 3.30. The summed E-state index contributed by atoms with van der Waals surface area (Å²) in [6.07, 6.45) is 58.2. The van der Waals surface area contributed by atoms with Crippen molar-refractivity contribution in [3.8, 4) is 0 Å². The summed E-state index contributed by atoms with van der Waals surface area (Å²) in [5, 5.41) is 0. The van der Waals surface area contributed by atoms with Crippen molar-refractivity contribution in [1.82, 2.24) is 0 Å². The number of rotatable bonds is 54. The van der Waals surface area contributed by atoms with E-state index < -0.39 is 6.10 Å². The molecule has 0 aromatic heterocycles. The lowest BCUT2D eigenvalue weighted by molar-refractivity contribution is -0.167. The first kappa shape index (κ1) is 63.4. The van der Waals surface area contributed by atoms with Gasteiger partial charge in [-0.25, -0.2) is 0 Å². The van der Waals surface area contributed by atoms with E-state index in [1.165, 1.54) is 231 Å². The van der Waals surface area contributed by atoms with Crippen LogP contribution in [0.2, 0.25) is 0 Å². The molecule has 0 rings (SSSR count). The first-order valence-corrected chi connectivity index (χ1v) is 29.4. The van der Waals surface area contributed by atoms with E-state index in [4.69, 9.17) is 14.2 Å². The van der Waals surface area contributed by atoms with E-state index in [0.717, 1.165) is 63.7 Å². The molecule has 1 unspecified atom stereocenters. The molecule has 65 heavy (non-hydrogen) atoms. The molecular formula is C59H114O6. The van der Waals surface area contributed by atoms with Gasteiger partial charge in [-0.2, -0.15) is 0 Å². The van der Waals surface area contributed by atoms with Gasteiger partial charge in [-0.15, -0.1) is 0 Å². The Balaban J connectivity index is 4.23. The molecule has 0 spiro atoms. The maximum absolute atomic E-state index is 12.8. The summed E-state index contributed by atoms with van der Waals surface area (Å²) in [4.78, 5) is 38.1. The zero-order valence-electron chi connectivity index (χ0n) is 44.5. The molecule has 0 bridgehead atoms. The van der Waals surface area contributed by atoms with Crippen molar-refractivity contribution in [3.63, 3.8) is 0 Å². The van der Waals surface area contributed by atoms with E-state index in [2.05, 4.69) is 27.7 Å². The molecule has 0 saturated heterocycles. The van der Waals surface area contributed by atoms with Crippen LogP contribution in [0.4, 0.5) is 0 Å². The van der Waals surface area contributed by atoms with Gasteiger partial charge < -0.3 is 14.2 Å². The predicted octanol–water partition coefficient (Wildman–Crippen LogP) is 19.4. The Morgan fingerprint density at radius 3 is 0.800 bits per heavy atom. The van der Waals surface area contributed by atoms with Crippen molar-refractivity contribution in [2.45, 2.75) is 342 Å². The lowest BCUT2D eigenvalue weighted by Gasteiger charge is -2.18. The number of esters is 3. The van der Waals surface area contributed by atoms with Crippen LogP contribution in [0.1, 0.15) is 336 Å². The monoisotopic (exact) mass is 919 g/mol. The van der Waals surface area contributed by atoms with E-state index in [1.807, 2.05) is 0 Å². The van der Waals surface area contributed by atoms with Gasteiger partial charge >= 0.3 is 17.9 Å². The van der Waals surface area contributed by atoms with Crippen LogP contribution in [0.5, 0.6) is 0 Å². The normalized spacial score (nSPS) is 12.4. The van der Waals surface area contributed by atoms with Crippen LogP contribution in [0, 0.1) is 5.92 Å². The zero-order valence-corrected chi connectivity index (χ0v) is 44.5. The quantitative estimate of drug-likeness (QED) is 0.0344. The van der Waals surface area contributed by atoms with Crippen molar-refractivity contribution >= 4 is 17.9 Å². The fraction of sp³-hybridized carbons (Fsp3) is 0.949. The van der Waals surface area contributed by atoms with Crippen molar-refractivity contribution in [2.24, 2.45) is 5.92 Å². The van der Waals surface area contributed by atoms with Crippen LogP contribution in [0.3, 0.4) is 0 Å². The first-order valence-electron chi connectivity index (χ1n) is 29.4. The molecule has 0 aliphatic carbocycles. The van der Waals surface area contributed by atoms with Crippen LogP contribution in [0.25, 0.3) is 0 Å². The Kier molecular flexibility index (Phi) is 52.1. The minimum absolute atomic E-state index is 0.0627. The molecule has 0 fully saturated rings. The van der Waals surface area contributed by atoms with Crippen LogP contribution >= 0.6 is 0 Å². The molecule has 0 aromatic rings. The fourth-order valence-electron chi connectivity index (χ4n) is 9.07. The van der Waals surface area contributed by atoms with Gasteiger partial charge in [-0.3, -0.25) is 14.4 Å². The second-order valence-electron chi connectivity index (χ2n) is 20.5. The van der Waals surface area contributed by atoms with Crippen LogP contribution in [-0.4, -0.2) is 37.2 Å². The molecule has 0 amide bonds.